The number of nitrogens with one attached hydrogen (secondary N) is 1. The van der Waals surface area contributed by atoms with Crippen molar-refractivity contribution in [2.45, 2.75) is 30.0 Å². The van der Waals surface area contributed by atoms with E-state index < -0.39 is 15.8 Å². The minimum absolute atomic E-state index is 0.00393. The first kappa shape index (κ1) is 13.8. The van der Waals surface area contributed by atoms with Crippen LogP contribution in [-0.2, 0) is 10.0 Å². The zero-order valence-electron chi connectivity index (χ0n) is 9.99. The number of rotatable bonds is 4. The van der Waals surface area contributed by atoms with Crippen LogP contribution >= 0.6 is 11.6 Å². The molecule has 3 nitrogen and oxygen atoms in total. The summed E-state index contributed by atoms with van der Waals surface area (Å²) in [6.07, 6.45) is 1.65. The smallest absolute Gasteiger partial charge is 0.211 e. The molecule has 0 spiro atoms. The predicted octanol–water partition coefficient (Wildman–Crippen LogP) is 2.43. The van der Waals surface area contributed by atoms with E-state index in [1.165, 1.54) is 12.1 Å². The summed E-state index contributed by atoms with van der Waals surface area (Å²) in [4.78, 5) is 0.00393. The van der Waals surface area contributed by atoms with Gasteiger partial charge in [0.05, 0.1) is 4.90 Å². The lowest BCUT2D eigenvalue weighted by Gasteiger charge is -2.30. The van der Waals surface area contributed by atoms with Gasteiger partial charge >= 0.3 is 0 Å². The third-order valence-corrected chi connectivity index (χ3v) is 5.10. The highest BCUT2D eigenvalue weighted by Gasteiger charge is 2.28. The van der Waals surface area contributed by atoms with Crippen LogP contribution in [0.2, 0.25) is 0 Å². The van der Waals surface area contributed by atoms with E-state index in [0.29, 0.717) is 12.1 Å². The number of alkyl halides is 1. The van der Waals surface area contributed by atoms with E-state index in [1.807, 2.05) is 0 Å². The van der Waals surface area contributed by atoms with Gasteiger partial charge in [-0.05, 0) is 43.4 Å². The maximum Gasteiger partial charge on any atom is 0.240 e. The molecule has 1 N–H and O–H groups in total. The monoisotopic (exact) mass is 291 g/mol. The van der Waals surface area contributed by atoms with Crippen molar-refractivity contribution in [1.82, 2.24) is 4.72 Å². The van der Waals surface area contributed by atoms with Crippen LogP contribution in [0.3, 0.4) is 0 Å². The van der Waals surface area contributed by atoms with Crippen molar-refractivity contribution < 1.29 is 12.8 Å². The molecule has 1 aliphatic carbocycles. The molecule has 1 aromatic rings. The van der Waals surface area contributed by atoms with Gasteiger partial charge in [-0.25, -0.2) is 17.5 Å². The van der Waals surface area contributed by atoms with Gasteiger partial charge in [0.1, 0.15) is 5.82 Å². The molecular formula is C12H15ClFNO2S. The molecule has 18 heavy (non-hydrogen) atoms. The average molecular weight is 292 g/mol. The van der Waals surface area contributed by atoms with Crippen LogP contribution in [0.5, 0.6) is 0 Å². The lowest BCUT2D eigenvalue weighted by atomic mass is 9.85. The lowest BCUT2D eigenvalue weighted by Crippen LogP contribution is -2.36. The molecule has 6 heteroatoms. The Morgan fingerprint density at radius 3 is 2.72 bits per heavy atom. The van der Waals surface area contributed by atoms with Gasteiger partial charge in [-0.2, -0.15) is 0 Å². The molecule has 0 amide bonds. The largest absolute Gasteiger partial charge is 0.240 e. The second-order valence-corrected chi connectivity index (χ2v) is 7.05. The molecule has 0 aliphatic heterocycles. The molecule has 1 aromatic carbocycles. The Hall–Kier alpha value is -0.650. The van der Waals surface area contributed by atoms with Crippen LogP contribution < -0.4 is 4.72 Å². The molecule has 0 aromatic heterocycles. The van der Waals surface area contributed by atoms with Crippen molar-refractivity contribution >= 4 is 21.6 Å². The first-order valence-electron chi connectivity index (χ1n) is 5.78. The number of sulfonamides is 1. The molecule has 0 unspecified atom stereocenters. The molecule has 0 saturated heterocycles. The lowest BCUT2D eigenvalue weighted by molar-refractivity contribution is 0.324. The van der Waals surface area contributed by atoms with Crippen LogP contribution in [0, 0.1) is 18.7 Å². The van der Waals surface area contributed by atoms with Crippen molar-refractivity contribution in [3.8, 4) is 0 Å². The normalized spacial score (nSPS) is 23.7. The van der Waals surface area contributed by atoms with Gasteiger partial charge < -0.3 is 0 Å². The Bertz CT molecular complexity index is 541. The van der Waals surface area contributed by atoms with Crippen LogP contribution in [0.1, 0.15) is 18.4 Å². The number of hydrogen-bond acceptors (Lipinski definition) is 2. The van der Waals surface area contributed by atoms with E-state index in [-0.39, 0.29) is 16.2 Å². The van der Waals surface area contributed by atoms with Crippen molar-refractivity contribution in [3.05, 3.63) is 29.6 Å². The zero-order valence-corrected chi connectivity index (χ0v) is 11.6. The highest BCUT2D eigenvalue weighted by Crippen LogP contribution is 2.31. The van der Waals surface area contributed by atoms with E-state index in [0.717, 1.165) is 18.9 Å². The van der Waals surface area contributed by atoms with E-state index in [1.54, 1.807) is 6.92 Å². The fraction of sp³-hybridized carbons (Fsp3) is 0.500. The Labute approximate surface area is 111 Å². The predicted molar refractivity (Wildman–Crippen MR) is 68.7 cm³/mol. The van der Waals surface area contributed by atoms with Crippen LogP contribution in [0.15, 0.2) is 23.1 Å². The molecule has 1 aliphatic rings. The number of aryl methyl sites for hydroxylation is 1. The molecular weight excluding hydrogens is 277 g/mol. The molecule has 100 valence electrons. The van der Waals surface area contributed by atoms with E-state index >= 15 is 0 Å². The molecule has 1 saturated carbocycles. The Kier molecular flexibility index (Phi) is 3.94. The molecule has 0 bridgehead atoms. The number of hydrogen-bond donors (Lipinski definition) is 1. The zero-order chi connectivity index (χ0) is 13.3. The topological polar surface area (TPSA) is 46.2 Å². The molecule has 2 rings (SSSR count). The Balaban J connectivity index is 2.08. The van der Waals surface area contributed by atoms with Gasteiger partial charge in [0.25, 0.3) is 0 Å². The van der Waals surface area contributed by atoms with Crippen molar-refractivity contribution in [2.24, 2.45) is 5.92 Å². The van der Waals surface area contributed by atoms with Gasteiger partial charge in [0.2, 0.25) is 10.0 Å². The number of halogens is 2. The van der Waals surface area contributed by atoms with Crippen LogP contribution in [-0.4, -0.2) is 20.3 Å². The summed E-state index contributed by atoms with van der Waals surface area (Å²) in [6, 6.07) is 3.75. The van der Waals surface area contributed by atoms with Crippen molar-refractivity contribution in [2.75, 3.05) is 6.54 Å². The summed E-state index contributed by atoms with van der Waals surface area (Å²) in [7, 11) is -3.64. The van der Waals surface area contributed by atoms with Crippen LogP contribution in [0.25, 0.3) is 0 Å². The quantitative estimate of drug-likeness (QED) is 0.866. The fourth-order valence-corrected chi connectivity index (χ4v) is 3.86. The first-order valence-corrected chi connectivity index (χ1v) is 7.70. The molecule has 1 fully saturated rings. The summed E-state index contributed by atoms with van der Waals surface area (Å²) in [5.74, 6) is -0.262. The fourth-order valence-electron chi connectivity index (χ4n) is 1.99. The summed E-state index contributed by atoms with van der Waals surface area (Å²) in [5, 5.41) is 0.162. The van der Waals surface area contributed by atoms with Gasteiger partial charge in [-0.1, -0.05) is 6.07 Å². The summed E-state index contributed by atoms with van der Waals surface area (Å²) < 4.78 is 39.6. The van der Waals surface area contributed by atoms with Gasteiger partial charge in [0, 0.05) is 11.9 Å². The third-order valence-electron chi connectivity index (χ3n) is 3.18. The second kappa shape index (κ2) is 5.15. The van der Waals surface area contributed by atoms with Crippen LogP contribution in [0.4, 0.5) is 4.39 Å². The van der Waals surface area contributed by atoms with Gasteiger partial charge in [-0.15, -0.1) is 11.6 Å². The number of benzene rings is 1. The summed E-state index contributed by atoms with van der Waals surface area (Å²) >= 11 is 5.83. The first-order chi connectivity index (χ1) is 8.38. The van der Waals surface area contributed by atoms with E-state index in [9.17, 15) is 12.8 Å². The van der Waals surface area contributed by atoms with E-state index in [4.69, 9.17) is 11.6 Å². The van der Waals surface area contributed by atoms with Gasteiger partial charge in [0.15, 0.2) is 0 Å². The highest BCUT2D eigenvalue weighted by atomic mass is 35.5. The second-order valence-electron chi connectivity index (χ2n) is 4.70. The standard InChI is InChI=1S/C12H15ClFNO2S/c1-8-2-3-11(14)6-12(8)18(16,17)15-7-9-4-10(13)5-9/h2-3,6,9-10,15H,4-5,7H2,1H3. The minimum Gasteiger partial charge on any atom is -0.211 e. The van der Waals surface area contributed by atoms with E-state index in [2.05, 4.69) is 4.72 Å². The van der Waals surface area contributed by atoms with Gasteiger partial charge in [-0.3, -0.25) is 0 Å². The summed E-state index contributed by atoms with van der Waals surface area (Å²) in [6.45, 7) is 2.01. The molecule has 0 heterocycles. The maximum absolute atomic E-state index is 13.1. The third kappa shape index (κ3) is 3.02. The molecule has 0 radical (unpaired) electrons. The minimum atomic E-state index is -3.64. The molecule has 0 atom stereocenters. The maximum atomic E-state index is 13.1. The highest BCUT2D eigenvalue weighted by molar-refractivity contribution is 7.89. The van der Waals surface area contributed by atoms with Crippen molar-refractivity contribution in [3.63, 3.8) is 0 Å². The van der Waals surface area contributed by atoms with Crippen molar-refractivity contribution in [1.29, 1.82) is 0 Å². The Morgan fingerprint density at radius 2 is 2.11 bits per heavy atom. The SMILES string of the molecule is Cc1ccc(F)cc1S(=O)(=O)NCC1CC(Cl)C1. The Morgan fingerprint density at radius 1 is 1.44 bits per heavy atom. The summed E-state index contributed by atoms with van der Waals surface area (Å²) in [5.41, 5.74) is 0.535. The average Bonchev–Trinajstić information content (AvgIpc) is 2.26.